The van der Waals surface area contributed by atoms with E-state index in [0.29, 0.717) is 6.61 Å². The first kappa shape index (κ1) is 20.9. The summed E-state index contributed by atoms with van der Waals surface area (Å²) in [6.07, 6.45) is 3.75. The predicted octanol–water partition coefficient (Wildman–Crippen LogP) is 1.45. The highest BCUT2D eigenvalue weighted by molar-refractivity contribution is 14.0. The number of ether oxygens (including phenoxy) is 1. The smallest absolute Gasteiger partial charge is 0.250 e. The van der Waals surface area contributed by atoms with Crippen molar-refractivity contribution in [2.45, 2.75) is 26.3 Å². The van der Waals surface area contributed by atoms with Gasteiger partial charge in [-0.05, 0) is 25.8 Å². The zero-order valence-electron chi connectivity index (χ0n) is 13.4. The highest BCUT2D eigenvalue weighted by atomic mass is 127. The molecule has 0 aliphatic rings. The zero-order chi connectivity index (χ0) is 15.3. The van der Waals surface area contributed by atoms with Crippen LogP contribution in [0.25, 0.3) is 0 Å². The highest BCUT2D eigenvalue weighted by Crippen LogP contribution is 1.92. The first-order chi connectivity index (χ1) is 10.3. The van der Waals surface area contributed by atoms with Crippen molar-refractivity contribution in [2.24, 2.45) is 4.99 Å². The second-order valence-corrected chi connectivity index (χ2v) is 4.56. The van der Waals surface area contributed by atoms with E-state index < -0.39 is 0 Å². The second kappa shape index (κ2) is 13.6. The third-order valence-electron chi connectivity index (χ3n) is 2.98. The first-order valence-corrected chi connectivity index (χ1v) is 7.45. The van der Waals surface area contributed by atoms with Crippen LogP contribution in [0.2, 0.25) is 0 Å². The van der Waals surface area contributed by atoms with Crippen LogP contribution in [0.5, 0.6) is 0 Å². The number of aromatic nitrogens is 1. The third kappa shape index (κ3) is 9.04. The quantitative estimate of drug-likeness (QED) is 0.274. The SMILES string of the molecule is CCOCCNC(=NC)NCCCCn1ccccc1=O.I. The Morgan fingerprint density at radius 1 is 1.27 bits per heavy atom. The Labute approximate surface area is 149 Å². The van der Waals surface area contributed by atoms with E-state index in [1.54, 1.807) is 23.7 Å². The number of aryl methyl sites for hydroxylation is 1. The van der Waals surface area contributed by atoms with Crippen molar-refractivity contribution < 1.29 is 4.74 Å². The molecular formula is C15H27IN4O2. The van der Waals surface area contributed by atoms with E-state index in [4.69, 9.17) is 4.74 Å². The molecule has 0 radical (unpaired) electrons. The van der Waals surface area contributed by atoms with Crippen LogP contribution in [-0.2, 0) is 11.3 Å². The third-order valence-corrected chi connectivity index (χ3v) is 2.98. The monoisotopic (exact) mass is 422 g/mol. The molecule has 0 spiro atoms. The summed E-state index contributed by atoms with van der Waals surface area (Å²) in [6.45, 7) is 5.70. The number of nitrogens with zero attached hydrogens (tertiary/aromatic N) is 2. The first-order valence-electron chi connectivity index (χ1n) is 7.45. The number of unbranched alkanes of at least 4 members (excludes halogenated alkanes) is 1. The van der Waals surface area contributed by atoms with E-state index in [1.165, 1.54) is 0 Å². The summed E-state index contributed by atoms with van der Waals surface area (Å²) >= 11 is 0. The molecule has 0 fully saturated rings. The van der Waals surface area contributed by atoms with Crippen LogP contribution in [0, 0.1) is 0 Å². The highest BCUT2D eigenvalue weighted by Gasteiger charge is 1.97. The summed E-state index contributed by atoms with van der Waals surface area (Å²) in [5.41, 5.74) is 0.0545. The molecule has 126 valence electrons. The van der Waals surface area contributed by atoms with E-state index >= 15 is 0 Å². The summed E-state index contributed by atoms with van der Waals surface area (Å²) in [5.74, 6) is 0.784. The molecule has 7 heteroatoms. The molecule has 1 aromatic heterocycles. The summed E-state index contributed by atoms with van der Waals surface area (Å²) in [5, 5.41) is 6.42. The molecule has 0 bridgehead atoms. The second-order valence-electron chi connectivity index (χ2n) is 4.56. The van der Waals surface area contributed by atoms with Gasteiger partial charge in [0.1, 0.15) is 0 Å². The maximum absolute atomic E-state index is 11.5. The minimum absolute atomic E-state index is 0. The molecule has 0 unspecified atom stereocenters. The van der Waals surface area contributed by atoms with Gasteiger partial charge in [0.05, 0.1) is 6.61 Å². The Hall–Kier alpha value is -1.09. The number of pyridine rings is 1. The van der Waals surface area contributed by atoms with Crippen molar-refractivity contribution in [3.05, 3.63) is 34.7 Å². The van der Waals surface area contributed by atoms with Gasteiger partial charge in [0.25, 0.3) is 0 Å². The molecule has 0 saturated heterocycles. The summed E-state index contributed by atoms with van der Waals surface area (Å²) in [4.78, 5) is 15.7. The molecule has 0 atom stereocenters. The van der Waals surface area contributed by atoms with Gasteiger partial charge < -0.3 is 19.9 Å². The van der Waals surface area contributed by atoms with Gasteiger partial charge in [0.15, 0.2) is 5.96 Å². The maximum atomic E-state index is 11.5. The van der Waals surface area contributed by atoms with Crippen LogP contribution in [0.4, 0.5) is 0 Å². The van der Waals surface area contributed by atoms with Crippen molar-refractivity contribution in [2.75, 3.05) is 33.4 Å². The lowest BCUT2D eigenvalue weighted by atomic mass is 10.3. The fourth-order valence-corrected chi connectivity index (χ4v) is 1.87. The molecule has 22 heavy (non-hydrogen) atoms. The number of nitrogens with one attached hydrogen (secondary N) is 2. The lowest BCUT2D eigenvalue weighted by molar-refractivity contribution is 0.152. The van der Waals surface area contributed by atoms with E-state index in [2.05, 4.69) is 15.6 Å². The van der Waals surface area contributed by atoms with Crippen LogP contribution in [0.1, 0.15) is 19.8 Å². The molecular weight excluding hydrogens is 395 g/mol. The fourth-order valence-electron chi connectivity index (χ4n) is 1.87. The van der Waals surface area contributed by atoms with Crippen LogP contribution >= 0.6 is 24.0 Å². The molecule has 0 aliphatic carbocycles. The Morgan fingerprint density at radius 2 is 2.05 bits per heavy atom. The number of aliphatic imine (C=N–C) groups is 1. The molecule has 1 rings (SSSR count). The number of guanidine groups is 1. The van der Waals surface area contributed by atoms with Gasteiger partial charge in [-0.15, -0.1) is 24.0 Å². The van der Waals surface area contributed by atoms with E-state index in [1.807, 2.05) is 19.2 Å². The molecule has 0 aromatic carbocycles. The largest absolute Gasteiger partial charge is 0.380 e. The topological polar surface area (TPSA) is 67.7 Å². The van der Waals surface area contributed by atoms with Crippen molar-refractivity contribution in [3.8, 4) is 0 Å². The normalized spacial score (nSPS) is 10.9. The van der Waals surface area contributed by atoms with Gasteiger partial charge in [-0.25, -0.2) is 0 Å². The molecule has 6 nitrogen and oxygen atoms in total. The molecule has 0 amide bonds. The van der Waals surface area contributed by atoms with Crippen LogP contribution in [-0.4, -0.2) is 43.9 Å². The average Bonchev–Trinajstić information content (AvgIpc) is 2.50. The standard InChI is InChI=1S/C15H26N4O2.HI/c1-3-21-13-10-18-15(16-2)17-9-5-7-12-19-11-6-4-8-14(19)20;/h4,6,8,11H,3,5,7,9-10,12-13H2,1-2H3,(H2,16,17,18);1H. The van der Waals surface area contributed by atoms with Crippen LogP contribution < -0.4 is 16.2 Å². The van der Waals surface area contributed by atoms with Gasteiger partial charge in [0.2, 0.25) is 5.56 Å². The lowest BCUT2D eigenvalue weighted by Crippen LogP contribution is -2.39. The predicted molar refractivity (Wildman–Crippen MR) is 101 cm³/mol. The Balaban J connectivity index is 0.00000441. The van der Waals surface area contributed by atoms with Crippen molar-refractivity contribution >= 4 is 29.9 Å². The van der Waals surface area contributed by atoms with Gasteiger partial charge in [-0.2, -0.15) is 0 Å². The molecule has 2 N–H and O–H groups in total. The summed E-state index contributed by atoms with van der Waals surface area (Å²) in [6, 6.07) is 5.23. The molecule has 1 aromatic rings. The maximum Gasteiger partial charge on any atom is 0.250 e. The molecule has 1 heterocycles. The zero-order valence-corrected chi connectivity index (χ0v) is 15.7. The van der Waals surface area contributed by atoms with Gasteiger partial charge >= 0.3 is 0 Å². The number of hydrogen-bond donors (Lipinski definition) is 2. The van der Waals surface area contributed by atoms with Crippen LogP contribution in [0.3, 0.4) is 0 Å². The fraction of sp³-hybridized carbons (Fsp3) is 0.600. The Morgan fingerprint density at radius 3 is 2.73 bits per heavy atom. The van der Waals surface area contributed by atoms with Crippen molar-refractivity contribution in [1.29, 1.82) is 0 Å². The molecule has 0 aliphatic heterocycles. The van der Waals surface area contributed by atoms with E-state index in [9.17, 15) is 4.79 Å². The number of halogens is 1. The summed E-state index contributed by atoms with van der Waals surface area (Å²) < 4.78 is 6.99. The lowest BCUT2D eigenvalue weighted by Gasteiger charge is -2.12. The Bertz CT molecular complexity index is 477. The van der Waals surface area contributed by atoms with E-state index in [0.717, 1.165) is 45.0 Å². The number of hydrogen-bond acceptors (Lipinski definition) is 3. The van der Waals surface area contributed by atoms with Crippen LogP contribution in [0.15, 0.2) is 34.2 Å². The van der Waals surface area contributed by atoms with Crippen molar-refractivity contribution in [1.82, 2.24) is 15.2 Å². The van der Waals surface area contributed by atoms with Gasteiger partial charge in [-0.3, -0.25) is 9.79 Å². The van der Waals surface area contributed by atoms with Gasteiger partial charge in [0, 0.05) is 45.6 Å². The summed E-state index contributed by atoms with van der Waals surface area (Å²) in [7, 11) is 1.75. The Kier molecular flexibility index (Phi) is 12.9. The molecule has 0 saturated carbocycles. The van der Waals surface area contributed by atoms with E-state index in [-0.39, 0.29) is 29.5 Å². The van der Waals surface area contributed by atoms with Gasteiger partial charge in [-0.1, -0.05) is 6.07 Å². The average molecular weight is 422 g/mol. The minimum atomic E-state index is 0. The van der Waals surface area contributed by atoms with Crippen molar-refractivity contribution in [3.63, 3.8) is 0 Å². The minimum Gasteiger partial charge on any atom is -0.380 e. The number of rotatable bonds is 9.